The van der Waals surface area contributed by atoms with E-state index in [4.69, 9.17) is 35.9 Å². The molecule has 1 aliphatic heterocycles. The van der Waals surface area contributed by atoms with E-state index in [2.05, 4.69) is 206 Å². The van der Waals surface area contributed by atoms with E-state index in [1.165, 1.54) is 91.3 Å². The fraction of sp³-hybridized carbons (Fsp3) is 0.550. The number of carbonyl (C=O) groups is 1. The molecule has 0 saturated heterocycles. The highest BCUT2D eigenvalue weighted by atomic mass is 32.2. The number of aryl methyl sites for hydroxylation is 10. The van der Waals surface area contributed by atoms with Gasteiger partial charge in [-0.05, 0) is 242 Å². The molecule has 0 bridgehead atoms. The van der Waals surface area contributed by atoms with E-state index in [1.54, 1.807) is 43.8 Å². The second-order valence-corrected chi connectivity index (χ2v) is 22.5. The van der Waals surface area contributed by atoms with Gasteiger partial charge in [0.2, 0.25) is 13.1 Å². The van der Waals surface area contributed by atoms with Crippen molar-refractivity contribution in [3.63, 3.8) is 0 Å². The van der Waals surface area contributed by atoms with Crippen LogP contribution in [0.1, 0.15) is 141 Å². The molecular weight excluding hydrogens is 1180 g/mol. The molecule has 22 heteroatoms. The molecule has 5 heterocycles. The number of thiol groups is 2. The van der Waals surface area contributed by atoms with Crippen molar-refractivity contribution in [1.29, 1.82) is 0 Å². The number of carboxylic acids is 1. The Morgan fingerprint density at radius 3 is 0.915 bits per heavy atom. The Bertz CT molecular complexity index is 2300. The van der Waals surface area contributed by atoms with Gasteiger partial charge in [-0.2, -0.15) is 24.4 Å². The van der Waals surface area contributed by atoms with E-state index < -0.39 is 15.7 Å². The summed E-state index contributed by atoms with van der Waals surface area (Å²) in [5, 5.41) is 16.6. The Kier molecular flexibility index (Phi) is 80.8. The number of carboxylic acid groups (broad SMARTS) is 1. The van der Waals surface area contributed by atoms with E-state index in [9.17, 15) is 0 Å². The fourth-order valence-corrected chi connectivity index (χ4v) is 6.87. The van der Waals surface area contributed by atoms with Crippen LogP contribution in [0.15, 0.2) is 31.3 Å². The predicted molar refractivity (Wildman–Crippen MR) is 383 cm³/mol. The number of aliphatic hydroxyl groups excluding tert-OH is 1. The summed E-state index contributed by atoms with van der Waals surface area (Å²) in [5.74, 6) is 1.24. The average molecular weight is 1290 g/mol. The number of aliphatic carboxylic acids is 1. The van der Waals surface area contributed by atoms with Gasteiger partial charge in [0.1, 0.15) is 11.5 Å². The lowest BCUT2D eigenvalue weighted by molar-refractivity contribution is -0.134. The van der Waals surface area contributed by atoms with Crippen LogP contribution in [0.25, 0.3) is 4.85 Å². The van der Waals surface area contributed by atoms with Crippen molar-refractivity contribution in [2.45, 2.75) is 173 Å². The lowest BCUT2D eigenvalue weighted by Gasteiger charge is -2.17. The van der Waals surface area contributed by atoms with Crippen LogP contribution in [-0.2, 0) is 14.3 Å². The van der Waals surface area contributed by atoms with E-state index in [0.29, 0.717) is 4.20 Å². The minimum atomic E-state index is -0.833. The third kappa shape index (κ3) is 57.9. The van der Waals surface area contributed by atoms with E-state index in [-0.39, 0.29) is 0 Å². The lowest BCUT2D eigenvalue weighted by Crippen LogP contribution is -1.98. The summed E-state index contributed by atoms with van der Waals surface area (Å²) < 4.78 is 6.14. The summed E-state index contributed by atoms with van der Waals surface area (Å²) in [5.41, 5.74) is 24.3. The molecule has 0 amide bonds. The second-order valence-electron chi connectivity index (χ2n) is 16.4. The number of thiophene rings is 1. The molecule has 0 radical (unpaired) electrons. The number of isothiocyanates is 1. The minimum absolute atomic E-state index is 0.583. The van der Waals surface area contributed by atoms with Crippen LogP contribution in [-0.4, -0.2) is 120 Å². The Morgan fingerprint density at radius 2 is 0.793 bits per heavy atom. The number of aliphatic imine (C=N–C) groups is 2. The third-order valence-corrected chi connectivity index (χ3v) is 13.1. The molecule has 0 aliphatic carbocycles. The summed E-state index contributed by atoms with van der Waals surface area (Å²) >= 11 is 21.2. The van der Waals surface area contributed by atoms with E-state index in [1.807, 2.05) is 71.9 Å². The topological polar surface area (TPSA) is 211 Å². The highest BCUT2D eigenvalue weighted by molar-refractivity contribution is 8.11. The maximum atomic E-state index is 9.00. The van der Waals surface area contributed by atoms with E-state index in [0.717, 1.165) is 71.1 Å². The van der Waals surface area contributed by atoms with Crippen molar-refractivity contribution < 1.29 is 29.3 Å². The maximum absolute atomic E-state index is 9.00. The number of hydrogen-bond donors (Lipinski definition) is 6. The average Bonchev–Trinajstić information content (AvgIpc) is 3.64. The van der Waals surface area contributed by atoms with E-state index >= 15 is 0 Å². The van der Waals surface area contributed by atoms with Crippen LogP contribution in [0.5, 0.6) is 0 Å². The van der Waals surface area contributed by atoms with Crippen LogP contribution in [0, 0.1) is 131 Å². The first kappa shape index (κ1) is 100. The molecule has 4 aromatic heterocycles. The van der Waals surface area contributed by atoms with Gasteiger partial charge in [0, 0.05) is 74.7 Å². The van der Waals surface area contributed by atoms with Gasteiger partial charge in [0.05, 0.1) is 27.9 Å². The number of rotatable bonds is 0. The van der Waals surface area contributed by atoms with Crippen molar-refractivity contribution in [2.75, 3.05) is 54.1 Å². The number of hydrogen-bond acceptors (Lipinski definition) is 18. The molecule has 82 heavy (non-hydrogen) atoms. The van der Waals surface area contributed by atoms with Gasteiger partial charge in [-0.3, -0.25) is 24.7 Å². The molecule has 5 N–H and O–H groups in total. The number of aliphatic hydroxyl groups is 1. The smallest absolute Gasteiger partial charge is 0.300 e. The Labute approximate surface area is 536 Å². The number of pyridine rings is 2. The quantitative estimate of drug-likeness (QED) is 0.0242. The van der Waals surface area contributed by atoms with Gasteiger partial charge in [0.25, 0.3) is 5.97 Å². The maximum Gasteiger partial charge on any atom is 0.300 e. The van der Waals surface area contributed by atoms with Crippen LogP contribution in [0.2, 0.25) is 6.55 Å². The number of aromatic nitrogens is 4. The molecule has 0 saturated carbocycles. The molecule has 0 fully saturated rings. The zero-order valence-electron chi connectivity index (χ0n) is 56.4. The van der Waals surface area contributed by atoms with Gasteiger partial charge >= 0.3 is 0 Å². The molecule has 0 aromatic carbocycles. The summed E-state index contributed by atoms with van der Waals surface area (Å²) in [4.78, 5) is 57.5. The molecular formula is C60H108N8O6S7Si. The first-order valence-electron chi connectivity index (χ1n) is 25.4. The standard InChI is InChI=1S/2C10H15N.C8H12N2.C8H12OS.C8H12S.C2H3NO.C2H3NS.C2H3N.C2H4O2.C2H4S2.C2H6S.CH5N.CH6OSi.CH4O.CH4S/c2*1-6-7(2)9(4)11-10(5)8(6)3;1-5-6(2)10-8(4)7(3)9-5;1-5-7(3)10-8(4)6(2)9-5;1-5-6(2)8(4)9-7(5)3;2*1-3-2-4;1-3-2;2*1-2(3)4;1-3-2;1-2;1-3-2;2*1-2/h2*1-5H3;2*1-4H3;1-4H3;2*1H3;1H3;2*1H3,(H,3,4);1-2H3;2H2,1H3;2H,3H2,1H3;2*2H,1H3. The molecule has 470 valence electrons. The third-order valence-electron chi connectivity index (χ3n) is 10.5. The van der Waals surface area contributed by atoms with Gasteiger partial charge in [-0.1, -0.05) is 30.5 Å². The van der Waals surface area contributed by atoms with Crippen molar-refractivity contribution in [3.05, 3.63) is 133 Å². The first-order valence-corrected chi connectivity index (χ1v) is 32.8. The molecule has 0 unspecified atom stereocenters. The molecule has 1 aliphatic rings. The Balaban J connectivity index is -0.0000000880. The molecule has 5 rings (SSSR count). The van der Waals surface area contributed by atoms with Gasteiger partial charge in [-0.25, -0.2) is 21.4 Å². The number of nitrogens with two attached hydrogens (primary N) is 1. The SMILES string of the molecule is CC(=O)O.CC(=S)S.CC1=C(C)SC(C)=C(C)O1.CN.CN=C=O.CN=C=S.CO.CS.CSC.C[SiH2]O.Cc1nc(C)c(C)c(C)c1C.Cc1nc(C)c(C)c(C)c1C.Cc1nc(C)c(C)nc1C.Cc1sc(C)c(C)c1C.[C-]#[N+]C. The summed E-state index contributed by atoms with van der Waals surface area (Å²) in [6.45, 7) is 56.4. The number of carbonyl (C=O) groups excluding carboxylic acids is 1. The van der Waals surface area contributed by atoms with Gasteiger partial charge < -0.3 is 30.3 Å². The van der Waals surface area contributed by atoms with Crippen LogP contribution in [0.3, 0.4) is 0 Å². The number of isocyanates is 1. The molecule has 4 aromatic rings. The zero-order chi connectivity index (χ0) is 67.8. The molecule has 14 nitrogen and oxygen atoms in total. The van der Waals surface area contributed by atoms with Crippen molar-refractivity contribution in [3.8, 4) is 0 Å². The van der Waals surface area contributed by atoms with Gasteiger partial charge in [-0.15, -0.1) is 24.0 Å². The number of allylic oxidation sites excluding steroid dienone is 4. The molecule has 0 spiro atoms. The zero-order valence-corrected chi connectivity index (χ0v) is 63.7. The lowest BCUT2D eigenvalue weighted by atomic mass is 10.0. The number of ether oxygens (including phenoxy) is 1. The highest BCUT2D eigenvalue weighted by Gasteiger charge is 2.11. The number of thiocarbonyl (C=S) groups is 2. The Hall–Kier alpha value is -3.91. The normalized spacial score (nSPS) is 9.43. The predicted octanol–water partition coefficient (Wildman–Crippen LogP) is 15.6. The first-order chi connectivity index (χ1) is 38.0. The summed E-state index contributed by atoms with van der Waals surface area (Å²) in [6, 6.07) is 0. The van der Waals surface area contributed by atoms with Crippen molar-refractivity contribution in [2.24, 2.45) is 15.7 Å². The monoisotopic (exact) mass is 1290 g/mol. The van der Waals surface area contributed by atoms with Crippen LogP contribution in [0.4, 0.5) is 0 Å². The fourth-order valence-electron chi connectivity index (χ4n) is 4.97. The number of nitrogens with zero attached hydrogens (tertiary/aromatic N) is 7. The second kappa shape index (κ2) is 66.2. The Morgan fingerprint density at radius 1 is 0.622 bits per heavy atom. The minimum Gasteiger partial charge on any atom is -0.481 e. The summed E-state index contributed by atoms with van der Waals surface area (Å²) in [7, 11) is 6.31. The van der Waals surface area contributed by atoms with Crippen LogP contribution < -0.4 is 5.73 Å². The van der Waals surface area contributed by atoms with Gasteiger partial charge in [0.15, 0.2) is 9.76 Å². The van der Waals surface area contributed by atoms with Crippen molar-refractivity contribution in [1.82, 2.24) is 19.9 Å². The molecule has 0 atom stereocenters. The van der Waals surface area contributed by atoms with Crippen LogP contribution >= 0.6 is 84.6 Å². The van der Waals surface area contributed by atoms with Crippen molar-refractivity contribution >= 4 is 116 Å². The largest absolute Gasteiger partial charge is 0.481 e. The number of thioether (sulfide) groups is 2. The summed E-state index contributed by atoms with van der Waals surface area (Å²) in [6.07, 6.45) is 7.08. The highest BCUT2D eigenvalue weighted by Crippen LogP contribution is 2.35.